The van der Waals surface area contributed by atoms with Crippen LogP contribution in [-0.4, -0.2) is 19.6 Å². The molecule has 0 atom stereocenters. The lowest BCUT2D eigenvalue weighted by Crippen LogP contribution is -2.05. The summed E-state index contributed by atoms with van der Waals surface area (Å²) in [4.78, 5) is 9.16. The maximum atomic E-state index is 5.75. The highest BCUT2D eigenvalue weighted by Gasteiger charge is 2.10. The number of fused-ring (bicyclic) bond motifs is 3. The third-order valence-corrected chi connectivity index (χ3v) is 4.65. The first kappa shape index (κ1) is 17.2. The fourth-order valence-corrected chi connectivity index (χ4v) is 3.28. The lowest BCUT2D eigenvalue weighted by atomic mass is 10.2. The van der Waals surface area contributed by atoms with Crippen molar-refractivity contribution in [3.8, 4) is 11.6 Å². The van der Waals surface area contributed by atoms with Crippen LogP contribution in [0.4, 0.5) is 5.82 Å². The molecule has 0 aliphatic rings. The van der Waals surface area contributed by atoms with Gasteiger partial charge in [0.25, 0.3) is 0 Å². The zero-order valence-corrected chi connectivity index (χ0v) is 15.9. The number of rotatable bonds is 5. The van der Waals surface area contributed by atoms with E-state index >= 15 is 0 Å². The molecule has 0 unspecified atom stereocenters. The van der Waals surface area contributed by atoms with Crippen LogP contribution in [0.1, 0.15) is 11.3 Å². The number of aryl methyl sites for hydroxylation is 1. The van der Waals surface area contributed by atoms with Gasteiger partial charge in [0.1, 0.15) is 11.6 Å². The molecule has 142 valence electrons. The molecule has 1 N–H and O–H groups in total. The van der Waals surface area contributed by atoms with Gasteiger partial charge in [-0.3, -0.25) is 0 Å². The summed E-state index contributed by atoms with van der Waals surface area (Å²) in [5.74, 6) is 2.17. The van der Waals surface area contributed by atoms with Gasteiger partial charge in [0.05, 0.1) is 11.2 Å². The Labute approximate surface area is 167 Å². The van der Waals surface area contributed by atoms with Crippen molar-refractivity contribution in [1.82, 2.24) is 19.6 Å². The average molecular weight is 381 g/mol. The zero-order chi connectivity index (χ0) is 19.6. The van der Waals surface area contributed by atoms with Crippen molar-refractivity contribution in [3.05, 3.63) is 90.3 Å². The molecule has 5 rings (SSSR count). The predicted molar refractivity (Wildman–Crippen MR) is 113 cm³/mol. The van der Waals surface area contributed by atoms with E-state index < -0.39 is 0 Å². The van der Waals surface area contributed by atoms with Crippen LogP contribution < -0.4 is 10.1 Å². The maximum Gasteiger partial charge on any atom is 0.219 e. The van der Waals surface area contributed by atoms with E-state index in [4.69, 9.17) is 9.72 Å². The van der Waals surface area contributed by atoms with Gasteiger partial charge in [0.2, 0.25) is 5.88 Å². The minimum absolute atomic E-state index is 0.569. The first-order valence-electron chi connectivity index (χ1n) is 9.43. The number of hydrogen-bond donors (Lipinski definition) is 1. The summed E-state index contributed by atoms with van der Waals surface area (Å²) in [7, 11) is 0. The van der Waals surface area contributed by atoms with Crippen LogP contribution in [-0.2, 0) is 6.54 Å². The number of nitrogens with zero attached hydrogens (tertiary/aromatic N) is 4. The lowest BCUT2D eigenvalue weighted by molar-refractivity contribution is 0.462. The van der Waals surface area contributed by atoms with Crippen LogP contribution in [0.2, 0.25) is 0 Å². The topological polar surface area (TPSA) is 64.3 Å². The molecule has 0 saturated carbocycles. The SMILES string of the molecule is Cc1cc2nc(NCc3ccc(Oc4ccccc4)nc3)c3ccccc3n2n1. The monoisotopic (exact) mass is 381 g/mol. The smallest absolute Gasteiger partial charge is 0.219 e. The Morgan fingerprint density at radius 2 is 1.79 bits per heavy atom. The van der Waals surface area contributed by atoms with Gasteiger partial charge in [0.15, 0.2) is 5.65 Å². The molecule has 6 heteroatoms. The number of benzene rings is 2. The Balaban J connectivity index is 1.37. The second-order valence-corrected chi connectivity index (χ2v) is 6.81. The van der Waals surface area contributed by atoms with Gasteiger partial charge in [-0.2, -0.15) is 5.10 Å². The summed E-state index contributed by atoms with van der Waals surface area (Å²) >= 11 is 0. The molecular formula is C23H19N5O. The van der Waals surface area contributed by atoms with Gasteiger partial charge < -0.3 is 10.1 Å². The third-order valence-electron chi connectivity index (χ3n) is 4.65. The number of hydrogen-bond acceptors (Lipinski definition) is 5. The van der Waals surface area contributed by atoms with Crippen molar-refractivity contribution in [3.63, 3.8) is 0 Å². The third kappa shape index (κ3) is 3.48. The van der Waals surface area contributed by atoms with Gasteiger partial charge in [-0.1, -0.05) is 36.4 Å². The number of para-hydroxylation sites is 2. The second-order valence-electron chi connectivity index (χ2n) is 6.81. The predicted octanol–water partition coefficient (Wildman–Crippen LogP) is 4.99. The van der Waals surface area contributed by atoms with E-state index in [1.165, 1.54) is 0 Å². The van der Waals surface area contributed by atoms with Crippen LogP contribution in [0.25, 0.3) is 16.6 Å². The van der Waals surface area contributed by atoms with Crippen molar-refractivity contribution in [2.24, 2.45) is 0 Å². The van der Waals surface area contributed by atoms with Crippen molar-refractivity contribution in [2.45, 2.75) is 13.5 Å². The molecular weight excluding hydrogens is 362 g/mol. The van der Waals surface area contributed by atoms with Crippen molar-refractivity contribution >= 4 is 22.4 Å². The van der Waals surface area contributed by atoms with Gasteiger partial charge in [0, 0.05) is 30.3 Å². The summed E-state index contributed by atoms with van der Waals surface area (Å²) in [6, 6.07) is 23.6. The standard InChI is InChI=1S/C23H19N5O/c1-16-13-21-26-23(19-9-5-6-10-20(19)28(21)27-16)25-15-17-11-12-22(24-14-17)29-18-7-3-2-4-8-18/h2-14H,15H2,1H3,(H,25,26). The van der Waals surface area contributed by atoms with Crippen molar-refractivity contribution in [2.75, 3.05) is 5.32 Å². The molecule has 0 spiro atoms. The van der Waals surface area contributed by atoms with Crippen LogP contribution >= 0.6 is 0 Å². The van der Waals surface area contributed by atoms with E-state index in [-0.39, 0.29) is 0 Å². The summed E-state index contributed by atoms with van der Waals surface area (Å²) in [5.41, 5.74) is 3.84. The van der Waals surface area contributed by atoms with Crippen LogP contribution in [0.5, 0.6) is 11.6 Å². The van der Waals surface area contributed by atoms with E-state index in [2.05, 4.69) is 27.5 Å². The number of pyridine rings is 1. The molecule has 3 heterocycles. The molecule has 0 bridgehead atoms. The number of aromatic nitrogens is 4. The minimum Gasteiger partial charge on any atom is -0.439 e. The maximum absolute atomic E-state index is 5.75. The van der Waals surface area contributed by atoms with Crippen molar-refractivity contribution < 1.29 is 4.74 Å². The van der Waals surface area contributed by atoms with Crippen LogP contribution in [0.15, 0.2) is 79.0 Å². The molecule has 0 fully saturated rings. The first-order valence-corrected chi connectivity index (χ1v) is 9.43. The molecule has 0 aliphatic heterocycles. The molecule has 3 aromatic heterocycles. The van der Waals surface area contributed by atoms with Crippen molar-refractivity contribution in [1.29, 1.82) is 0 Å². The lowest BCUT2D eigenvalue weighted by Gasteiger charge is -2.11. The fourth-order valence-electron chi connectivity index (χ4n) is 3.28. The summed E-state index contributed by atoms with van der Waals surface area (Å²) in [6.45, 7) is 2.58. The van der Waals surface area contributed by atoms with Gasteiger partial charge >= 0.3 is 0 Å². The highest BCUT2D eigenvalue weighted by molar-refractivity contribution is 5.91. The number of nitrogens with one attached hydrogen (secondary N) is 1. The highest BCUT2D eigenvalue weighted by atomic mass is 16.5. The van der Waals surface area contributed by atoms with Gasteiger partial charge in [-0.15, -0.1) is 0 Å². The van der Waals surface area contributed by atoms with Crippen LogP contribution in [0.3, 0.4) is 0 Å². The number of anilines is 1. The Bertz CT molecular complexity index is 1280. The largest absolute Gasteiger partial charge is 0.439 e. The molecule has 6 nitrogen and oxygen atoms in total. The van der Waals surface area contributed by atoms with E-state index in [1.807, 2.05) is 78.3 Å². The van der Waals surface area contributed by atoms with Gasteiger partial charge in [-0.05, 0) is 36.8 Å². The Hall–Kier alpha value is -3.93. The van der Waals surface area contributed by atoms with Crippen LogP contribution in [0, 0.1) is 6.92 Å². The number of ether oxygens (including phenoxy) is 1. The Morgan fingerprint density at radius 3 is 2.62 bits per heavy atom. The molecule has 0 saturated heterocycles. The Morgan fingerprint density at radius 1 is 0.966 bits per heavy atom. The molecule has 0 radical (unpaired) electrons. The molecule has 5 aromatic rings. The van der Waals surface area contributed by atoms with E-state index in [0.29, 0.717) is 12.4 Å². The fraction of sp³-hybridized carbons (Fsp3) is 0.0870. The average Bonchev–Trinajstić information content (AvgIpc) is 3.14. The summed E-state index contributed by atoms with van der Waals surface area (Å²) < 4.78 is 7.63. The summed E-state index contributed by atoms with van der Waals surface area (Å²) in [5, 5.41) is 9.02. The van der Waals surface area contributed by atoms with E-state index in [0.717, 1.165) is 39.4 Å². The second kappa shape index (κ2) is 7.24. The Kier molecular flexibility index (Phi) is 4.29. The highest BCUT2D eigenvalue weighted by Crippen LogP contribution is 2.24. The van der Waals surface area contributed by atoms with E-state index in [1.54, 1.807) is 0 Å². The zero-order valence-electron chi connectivity index (χ0n) is 15.9. The molecule has 0 aliphatic carbocycles. The molecule has 29 heavy (non-hydrogen) atoms. The molecule has 2 aromatic carbocycles. The normalized spacial score (nSPS) is 11.1. The minimum atomic E-state index is 0.569. The first-order chi connectivity index (χ1) is 14.3. The quantitative estimate of drug-likeness (QED) is 0.465. The van der Waals surface area contributed by atoms with E-state index in [9.17, 15) is 0 Å². The van der Waals surface area contributed by atoms with Gasteiger partial charge in [-0.25, -0.2) is 14.5 Å². The summed E-state index contributed by atoms with van der Waals surface area (Å²) in [6.07, 6.45) is 1.81. The molecule has 0 amide bonds.